The largest absolute Gasteiger partial charge is 0.314 e. The van der Waals surface area contributed by atoms with E-state index in [4.69, 9.17) is 0 Å². The van der Waals surface area contributed by atoms with Crippen LogP contribution in [0.3, 0.4) is 0 Å². The molecular weight excluding hydrogens is 266 g/mol. The second-order valence-electron chi connectivity index (χ2n) is 4.71. The van der Waals surface area contributed by atoms with Crippen LogP contribution in [-0.4, -0.2) is 33.0 Å². The molecule has 0 aliphatic rings. The molecule has 1 heterocycles. The summed E-state index contributed by atoms with van der Waals surface area (Å²) in [5.74, 6) is 0.293. The van der Waals surface area contributed by atoms with Gasteiger partial charge in [0.1, 0.15) is 9.84 Å². The second-order valence-corrected chi connectivity index (χ2v) is 8.00. The van der Waals surface area contributed by atoms with Crippen LogP contribution in [0.5, 0.6) is 0 Å². The van der Waals surface area contributed by atoms with Gasteiger partial charge in [-0.25, -0.2) is 8.42 Å². The van der Waals surface area contributed by atoms with Gasteiger partial charge in [-0.2, -0.15) is 0 Å². The quantitative estimate of drug-likeness (QED) is 0.759. The highest BCUT2D eigenvalue weighted by Crippen LogP contribution is 2.14. The highest BCUT2D eigenvalue weighted by Gasteiger charge is 2.11. The Bertz CT molecular complexity index is 412. The number of hydrogen-bond donors (Lipinski definition) is 1. The lowest BCUT2D eigenvalue weighted by molar-refractivity contribution is 0.474. The van der Waals surface area contributed by atoms with Gasteiger partial charge >= 0.3 is 0 Å². The topological polar surface area (TPSA) is 46.2 Å². The Balaban J connectivity index is 2.40. The average Bonchev–Trinajstić information content (AvgIpc) is 2.76. The van der Waals surface area contributed by atoms with Crippen molar-refractivity contribution in [1.82, 2.24) is 5.32 Å². The van der Waals surface area contributed by atoms with E-state index in [1.165, 1.54) is 11.1 Å². The molecule has 1 aromatic rings. The van der Waals surface area contributed by atoms with Crippen LogP contribution in [-0.2, 0) is 16.3 Å². The third-order valence-corrected chi connectivity index (χ3v) is 4.71. The summed E-state index contributed by atoms with van der Waals surface area (Å²) < 4.78 is 22.3. The van der Waals surface area contributed by atoms with Crippen molar-refractivity contribution in [3.8, 4) is 0 Å². The summed E-state index contributed by atoms with van der Waals surface area (Å²) in [6, 6.07) is 4.60. The van der Waals surface area contributed by atoms with Crippen molar-refractivity contribution in [2.75, 3.05) is 18.6 Å². The van der Waals surface area contributed by atoms with E-state index < -0.39 is 9.84 Å². The minimum absolute atomic E-state index is 0.293. The molecule has 0 aromatic carbocycles. The molecule has 18 heavy (non-hydrogen) atoms. The summed E-state index contributed by atoms with van der Waals surface area (Å²) >= 11 is 1.77. The van der Waals surface area contributed by atoms with Crippen LogP contribution < -0.4 is 5.32 Å². The van der Waals surface area contributed by atoms with Gasteiger partial charge in [-0.15, -0.1) is 11.3 Å². The zero-order valence-electron chi connectivity index (χ0n) is 11.2. The molecule has 1 N–H and O–H groups in total. The Morgan fingerprint density at radius 1 is 1.44 bits per heavy atom. The molecular formula is C13H23NO2S2. The predicted octanol–water partition coefficient (Wildman–Crippen LogP) is 2.48. The van der Waals surface area contributed by atoms with Crippen molar-refractivity contribution in [2.24, 2.45) is 0 Å². The SMILES string of the molecule is CCCNC(CCCS(C)(=O)=O)Cc1cccs1. The first-order valence-electron chi connectivity index (χ1n) is 6.44. The van der Waals surface area contributed by atoms with Gasteiger partial charge in [0.15, 0.2) is 0 Å². The Kier molecular flexibility index (Phi) is 6.89. The number of sulfone groups is 1. The van der Waals surface area contributed by atoms with Gasteiger partial charge in [0.2, 0.25) is 0 Å². The molecule has 0 fully saturated rings. The monoisotopic (exact) mass is 289 g/mol. The van der Waals surface area contributed by atoms with Crippen molar-refractivity contribution >= 4 is 21.2 Å². The Labute approximate surface area is 115 Å². The van der Waals surface area contributed by atoms with Crippen LogP contribution in [0, 0.1) is 0 Å². The molecule has 0 bridgehead atoms. The maximum absolute atomic E-state index is 11.1. The zero-order valence-corrected chi connectivity index (χ0v) is 12.8. The highest BCUT2D eigenvalue weighted by molar-refractivity contribution is 7.90. The zero-order chi connectivity index (χ0) is 13.4. The minimum atomic E-state index is -2.83. The van der Waals surface area contributed by atoms with Gasteiger partial charge in [0.25, 0.3) is 0 Å². The highest BCUT2D eigenvalue weighted by atomic mass is 32.2. The van der Waals surface area contributed by atoms with Gasteiger partial charge in [0, 0.05) is 22.9 Å². The number of hydrogen-bond acceptors (Lipinski definition) is 4. The fourth-order valence-corrected chi connectivity index (χ4v) is 3.37. The van der Waals surface area contributed by atoms with Gasteiger partial charge in [-0.05, 0) is 43.7 Å². The summed E-state index contributed by atoms with van der Waals surface area (Å²) in [5, 5.41) is 5.59. The van der Waals surface area contributed by atoms with Crippen LogP contribution in [0.2, 0.25) is 0 Å². The van der Waals surface area contributed by atoms with E-state index in [0.717, 1.165) is 32.2 Å². The minimum Gasteiger partial charge on any atom is -0.314 e. The molecule has 1 rings (SSSR count). The van der Waals surface area contributed by atoms with Gasteiger partial charge in [0.05, 0.1) is 0 Å². The number of thiophene rings is 1. The fourth-order valence-electron chi connectivity index (χ4n) is 1.89. The van der Waals surface area contributed by atoms with Crippen LogP contribution in [0.1, 0.15) is 31.1 Å². The standard InChI is InChI=1S/C13H23NO2S2/c1-3-8-14-12(6-5-10-18(2,15)16)11-13-7-4-9-17-13/h4,7,9,12,14H,3,5-6,8,10-11H2,1-2H3. The third kappa shape index (κ3) is 7.13. The van der Waals surface area contributed by atoms with Gasteiger partial charge < -0.3 is 5.32 Å². The number of rotatable bonds is 9. The maximum atomic E-state index is 11.1. The van der Waals surface area contributed by atoms with E-state index in [1.54, 1.807) is 11.3 Å². The molecule has 0 aliphatic heterocycles. The van der Waals surface area contributed by atoms with Crippen molar-refractivity contribution < 1.29 is 8.42 Å². The van der Waals surface area contributed by atoms with Crippen molar-refractivity contribution in [2.45, 2.75) is 38.6 Å². The Morgan fingerprint density at radius 2 is 2.22 bits per heavy atom. The Morgan fingerprint density at radius 3 is 2.78 bits per heavy atom. The number of nitrogens with one attached hydrogen (secondary N) is 1. The molecule has 1 aromatic heterocycles. The lowest BCUT2D eigenvalue weighted by atomic mass is 10.1. The first-order valence-corrected chi connectivity index (χ1v) is 9.38. The van der Waals surface area contributed by atoms with Gasteiger partial charge in [-0.3, -0.25) is 0 Å². The Hall–Kier alpha value is -0.390. The van der Waals surface area contributed by atoms with E-state index in [-0.39, 0.29) is 0 Å². The van der Waals surface area contributed by atoms with Crippen molar-refractivity contribution in [1.29, 1.82) is 0 Å². The lowest BCUT2D eigenvalue weighted by Crippen LogP contribution is -2.32. The molecule has 0 spiro atoms. The summed E-state index contributed by atoms with van der Waals surface area (Å²) in [4.78, 5) is 1.36. The van der Waals surface area contributed by atoms with Crippen molar-refractivity contribution in [3.05, 3.63) is 22.4 Å². The second kappa shape index (κ2) is 7.92. The van der Waals surface area contributed by atoms with Crippen molar-refractivity contribution in [3.63, 3.8) is 0 Å². The van der Waals surface area contributed by atoms with Crippen LogP contribution in [0.4, 0.5) is 0 Å². The van der Waals surface area contributed by atoms with E-state index in [2.05, 4.69) is 29.8 Å². The van der Waals surface area contributed by atoms with Crippen LogP contribution >= 0.6 is 11.3 Å². The molecule has 104 valence electrons. The molecule has 1 atom stereocenters. The fraction of sp³-hybridized carbons (Fsp3) is 0.692. The van der Waals surface area contributed by atoms with E-state index in [1.807, 2.05) is 0 Å². The molecule has 3 nitrogen and oxygen atoms in total. The van der Waals surface area contributed by atoms with E-state index in [9.17, 15) is 8.42 Å². The average molecular weight is 289 g/mol. The molecule has 0 radical (unpaired) electrons. The van der Waals surface area contributed by atoms with Crippen LogP contribution in [0.25, 0.3) is 0 Å². The summed E-state index contributed by atoms with van der Waals surface area (Å²) in [6.45, 7) is 3.14. The van der Waals surface area contributed by atoms with Gasteiger partial charge in [-0.1, -0.05) is 13.0 Å². The molecule has 5 heteroatoms. The first-order chi connectivity index (χ1) is 8.51. The maximum Gasteiger partial charge on any atom is 0.147 e. The normalized spacial score (nSPS) is 13.7. The summed E-state index contributed by atoms with van der Waals surface area (Å²) in [7, 11) is -2.83. The third-order valence-electron chi connectivity index (χ3n) is 2.78. The summed E-state index contributed by atoms with van der Waals surface area (Å²) in [6.07, 6.45) is 5.08. The molecule has 0 saturated heterocycles. The van der Waals surface area contributed by atoms with E-state index >= 15 is 0 Å². The first kappa shape index (κ1) is 15.7. The predicted molar refractivity (Wildman–Crippen MR) is 79.0 cm³/mol. The molecule has 1 unspecified atom stereocenters. The molecule has 0 amide bonds. The van der Waals surface area contributed by atoms with E-state index in [0.29, 0.717) is 11.8 Å². The smallest absolute Gasteiger partial charge is 0.147 e. The molecule has 0 saturated carbocycles. The summed E-state index contributed by atoms with van der Waals surface area (Å²) in [5.41, 5.74) is 0. The molecule has 0 aliphatic carbocycles. The van der Waals surface area contributed by atoms with Crippen LogP contribution in [0.15, 0.2) is 17.5 Å². The lowest BCUT2D eigenvalue weighted by Gasteiger charge is -2.17.